The van der Waals surface area contributed by atoms with Crippen molar-refractivity contribution in [3.63, 3.8) is 0 Å². The van der Waals surface area contributed by atoms with E-state index in [2.05, 4.69) is 21.9 Å². The molecule has 4 heteroatoms. The highest BCUT2D eigenvalue weighted by Crippen LogP contribution is 2.21. The number of hydrogen-bond acceptors (Lipinski definition) is 2. The van der Waals surface area contributed by atoms with E-state index in [1.165, 1.54) is 17.8 Å². The van der Waals surface area contributed by atoms with E-state index in [0.29, 0.717) is 0 Å². The van der Waals surface area contributed by atoms with Crippen LogP contribution in [0.3, 0.4) is 0 Å². The van der Waals surface area contributed by atoms with Crippen LogP contribution in [0.1, 0.15) is 0 Å². The fourth-order valence-electron chi connectivity index (χ4n) is 2.54. The number of hydrogen-bond donors (Lipinski definition) is 0. The maximum absolute atomic E-state index is 13.3. The van der Waals surface area contributed by atoms with Gasteiger partial charge in [0.1, 0.15) is 0 Å². The van der Waals surface area contributed by atoms with E-state index in [-0.39, 0.29) is 0 Å². The minimum Gasteiger partial charge on any atom is -0.368 e. The monoisotopic (exact) mass is 274 g/mol. The first-order valence-electron chi connectivity index (χ1n) is 6.74. The van der Waals surface area contributed by atoms with E-state index in [0.717, 1.165) is 31.9 Å². The molecule has 0 atom stereocenters. The zero-order valence-corrected chi connectivity index (χ0v) is 11.1. The third-order valence-electron chi connectivity index (χ3n) is 3.67. The molecule has 3 rings (SSSR count). The fraction of sp³-hybridized carbons (Fsp3) is 0.250. The summed E-state index contributed by atoms with van der Waals surface area (Å²) >= 11 is 0. The van der Waals surface area contributed by atoms with Crippen molar-refractivity contribution in [2.45, 2.75) is 0 Å². The molecule has 1 heterocycles. The summed E-state index contributed by atoms with van der Waals surface area (Å²) in [6.07, 6.45) is 0. The van der Waals surface area contributed by atoms with Crippen LogP contribution < -0.4 is 9.80 Å². The SMILES string of the molecule is Fc1ccc(N2CCN(c3ccccc3)CC2)cc1F. The van der Waals surface area contributed by atoms with Gasteiger partial charge in [0, 0.05) is 43.6 Å². The Bertz CT molecular complexity index is 578. The van der Waals surface area contributed by atoms with Gasteiger partial charge >= 0.3 is 0 Å². The highest BCUT2D eigenvalue weighted by Gasteiger charge is 2.18. The molecule has 0 N–H and O–H groups in total. The lowest BCUT2D eigenvalue weighted by Crippen LogP contribution is -2.46. The van der Waals surface area contributed by atoms with Crippen molar-refractivity contribution >= 4 is 11.4 Å². The molecule has 1 aliphatic rings. The molecule has 104 valence electrons. The number of nitrogens with zero attached hydrogens (tertiary/aromatic N) is 2. The lowest BCUT2D eigenvalue weighted by molar-refractivity contribution is 0.507. The van der Waals surface area contributed by atoms with Crippen LogP contribution >= 0.6 is 0 Å². The van der Waals surface area contributed by atoms with Crippen molar-refractivity contribution in [3.05, 3.63) is 60.2 Å². The van der Waals surface area contributed by atoms with Crippen LogP contribution in [0.25, 0.3) is 0 Å². The van der Waals surface area contributed by atoms with Gasteiger partial charge in [-0.3, -0.25) is 0 Å². The average molecular weight is 274 g/mol. The zero-order chi connectivity index (χ0) is 13.9. The molecular weight excluding hydrogens is 258 g/mol. The van der Waals surface area contributed by atoms with Gasteiger partial charge < -0.3 is 9.80 Å². The molecule has 0 radical (unpaired) electrons. The van der Waals surface area contributed by atoms with Crippen LogP contribution in [0, 0.1) is 11.6 Å². The van der Waals surface area contributed by atoms with Gasteiger partial charge in [-0.15, -0.1) is 0 Å². The average Bonchev–Trinajstić information content (AvgIpc) is 2.51. The fourth-order valence-corrected chi connectivity index (χ4v) is 2.54. The van der Waals surface area contributed by atoms with E-state index in [1.54, 1.807) is 6.07 Å². The summed E-state index contributed by atoms with van der Waals surface area (Å²) in [5.74, 6) is -1.58. The predicted molar refractivity (Wildman–Crippen MR) is 77.2 cm³/mol. The standard InChI is InChI=1S/C16H16F2N2/c17-15-7-6-14(12-16(15)18)20-10-8-19(9-11-20)13-4-2-1-3-5-13/h1-7,12H,8-11H2. The number of para-hydroxylation sites is 1. The van der Waals surface area contributed by atoms with Crippen LogP contribution in [0.4, 0.5) is 20.2 Å². The Balaban J connectivity index is 1.68. The predicted octanol–water partition coefficient (Wildman–Crippen LogP) is 3.29. The molecule has 0 aromatic heterocycles. The smallest absolute Gasteiger partial charge is 0.160 e. The molecule has 0 saturated carbocycles. The number of halogens is 2. The largest absolute Gasteiger partial charge is 0.368 e. The number of benzene rings is 2. The normalized spacial score (nSPS) is 15.5. The Morgan fingerprint density at radius 3 is 1.85 bits per heavy atom. The van der Waals surface area contributed by atoms with E-state index in [4.69, 9.17) is 0 Å². The highest BCUT2D eigenvalue weighted by atomic mass is 19.2. The van der Waals surface area contributed by atoms with Gasteiger partial charge in [-0.1, -0.05) is 18.2 Å². The minimum atomic E-state index is -0.795. The summed E-state index contributed by atoms with van der Waals surface area (Å²) < 4.78 is 26.2. The molecule has 20 heavy (non-hydrogen) atoms. The van der Waals surface area contributed by atoms with Crippen molar-refractivity contribution in [1.82, 2.24) is 0 Å². The molecular formula is C16H16F2N2. The second-order valence-electron chi connectivity index (χ2n) is 4.91. The van der Waals surface area contributed by atoms with Crippen LogP contribution in [0.15, 0.2) is 48.5 Å². The Kier molecular flexibility index (Phi) is 3.54. The summed E-state index contributed by atoms with van der Waals surface area (Å²) in [4.78, 5) is 4.39. The minimum absolute atomic E-state index is 0.747. The van der Waals surface area contributed by atoms with Gasteiger partial charge in [0.05, 0.1) is 0 Å². The summed E-state index contributed by atoms with van der Waals surface area (Å²) in [5.41, 5.74) is 1.95. The Morgan fingerprint density at radius 2 is 1.25 bits per heavy atom. The molecule has 1 fully saturated rings. The lowest BCUT2D eigenvalue weighted by atomic mass is 10.2. The van der Waals surface area contributed by atoms with E-state index < -0.39 is 11.6 Å². The first-order valence-corrected chi connectivity index (χ1v) is 6.74. The first-order chi connectivity index (χ1) is 9.74. The third-order valence-corrected chi connectivity index (χ3v) is 3.67. The summed E-state index contributed by atoms with van der Waals surface area (Å²) in [6.45, 7) is 3.37. The van der Waals surface area contributed by atoms with Crippen molar-refractivity contribution in [3.8, 4) is 0 Å². The maximum atomic E-state index is 13.3. The molecule has 2 nitrogen and oxygen atoms in total. The molecule has 1 saturated heterocycles. The molecule has 0 spiro atoms. The number of anilines is 2. The second-order valence-corrected chi connectivity index (χ2v) is 4.91. The Morgan fingerprint density at radius 1 is 0.650 bits per heavy atom. The lowest BCUT2D eigenvalue weighted by Gasteiger charge is -2.37. The molecule has 0 unspecified atom stereocenters. The van der Waals surface area contributed by atoms with Gasteiger partial charge in [-0.05, 0) is 24.3 Å². The van der Waals surface area contributed by atoms with Gasteiger partial charge in [-0.2, -0.15) is 0 Å². The third kappa shape index (κ3) is 2.59. The molecule has 2 aromatic rings. The van der Waals surface area contributed by atoms with Gasteiger partial charge in [0.15, 0.2) is 11.6 Å². The van der Waals surface area contributed by atoms with Crippen LogP contribution in [0.5, 0.6) is 0 Å². The van der Waals surface area contributed by atoms with Gasteiger partial charge in [0.25, 0.3) is 0 Å². The quantitative estimate of drug-likeness (QED) is 0.829. The van der Waals surface area contributed by atoms with Gasteiger partial charge in [-0.25, -0.2) is 8.78 Å². The van der Waals surface area contributed by atoms with E-state index in [1.807, 2.05) is 18.2 Å². The first kappa shape index (κ1) is 12.9. The Hall–Kier alpha value is -2.10. The molecule has 1 aliphatic heterocycles. The van der Waals surface area contributed by atoms with Crippen LogP contribution in [0.2, 0.25) is 0 Å². The van der Waals surface area contributed by atoms with Crippen molar-refractivity contribution in [2.75, 3.05) is 36.0 Å². The molecule has 0 amide bonds. The Labute approximate surface area is 117 Å². The second kappa shape index (κ2) is 5.49. The number of rotatable bonds is 2. The molecule has 2 aromatic carbocycles. The van der Waals surface area contributed by atoms with E-state index in [9.17, 15) is 8.78 Å². The summed E-state index contributed by atoms with van der Waals surface area (Å²) in [7, 11) is 0. The number of piperazine rings is 1. The van der Waals surface area contributed by atoms with Gasteiger partial charge in [0.2, 0.25) is 0 Å². The van der Waals surface area contributed by atoms with E-state index >= 15 is 0 Å². The summed E-state index contributed by atoms with van der Waals surface area (Å²) in [5, 5.41) is 0. The van der Waals surface area contributed by atoms with Crippen molar-refractivity contribution in [1.29, 1.82) is 0 Å². The maximum Gasteiger partial charge on any atom is 0.160 e. The summed E-state index contributed by atoms with van der Waals surface area (Å²) in [6, 6.07) is 14.3. The van der Waals surface area contributed by atoms with Crippen LogP contribution in [-0.2, 0) is 0 Å². The molecule has 0 bridgehead atoms. The molecule has 0 aliphatic carbocycles. The highest BCUT2D eigenvalue weighted by molar-refractivity contribution is 5.51. The zero-order valence-electron chi connectivity index (χ0n) is 11.1. The topological polar surface area (TPSA) is 6.48 Å². The van der Waals surface area contributed by atoms with Crippen LogP contribution in [-0.4, -0.2) is 26.2 Å². The van der Waals surface area contributed by atoms with Crippen molar-refractivity contribution < 1.29 is 8.78 Å². The van der Waals surface area contributed by atoms with Crippen molar-refractivity contribution in [2.24, 2.45) is 0 Å².